The number of carbonyl (C=O) groups is 3. The van der Waals surface area contributed by atoms with Gasteiger partial charge < -0.3 is 5.32 Å². The van der Waals surface area contributed by atoms with Crippen molar-refractivity contribution in [3.8, 4) is 0 Å². The number of allylic oxidation sites excluding steroid dienone is 2. The number of hydrogen-bond acceptors (Lipinski definition) is 3. The van der Waals surface area contributed by atoms with Gasteiger partial charge >= 0.3 is 0 Å². The van der Waals surface area contributed by atoms with Gasteiger partial charge in [-0.15, -0.1) is 0 Å². The molecule has 2 saturated carbocycles. The lowest BCUT2D eigenvalue weighted by Gasteiger charge is -2.37. The van der Waals surface area contributed by atoms with E-state index in [0.717, 1.165) is 16.5 Å². The van der Waals surface area contributed by atoms with Crippen LogP contribution in [0, 0.1) is 35.5 Å². The molecule has 0 aromatic heterocycles. The summed E-state index contributed by atoms with van der Waals surface area (Å²) >= 11 is 9.55. The lowest BCUT2D eigenvalue weighted by atomic mass is 9.63. The van der Waals surface area contributed by atoms with E-state index in [1.54, 1.807) is 18.2 Å². The Morgan fingerprint density at radius 3 is 2.27 bits per heavy atom. The quantitative estimate of drug-likeness (QED) is 0.454. The number of anilines is 1. The summed E-state index contributed by atoms with van der Waals surface area (Å²) in [5.41, 5.74) is 1.41. The second-order valence-corrected chi connectivity index (χ2v) is 10.8. The lowest BCUT2D eigenvalue weighted by Crippen LogP contribution is -2.49. The van der Waals surface area contributed by atoms with Gasteiger partial charge in [-0.25, -0.2) is 0 Å². The minimum Gasteiger partial charge on any atom is -0.324 e. The monoisotopic (exact) mass is 524 g/mol. The fourth-order valence-corrected chi connectivity index (χ4v) is 6.65. The summed E-state index contributed by atoms with van der Waals surface area (Å²) in [5.74, 6) is -0.154. The first-order valence-corrected chi connectivity index (χ1v) is 12.5. The van der Waals surface area contributed by atoms with Crippen molar-refractivity contribution in [2.75, 3.05) is 5.32 Å². The predicted molar refractivity (Wildman–Crippen MR) is 128 cm³/mol. The molecule has 0 spiro atoms. The van der Waals surface area contributed by atoms with Gasteiger partial charge in [-0.1, -0.05) is 54.1 Å². The third-order valence-corrected chi connectivity index (χ3v) is 9.00. The maximum atomic E-state index is 13.7. The topological polar surface area (TPSA) is 66.5 Å². The summed E-state index contributed by atoms with van der Waals surface area (Å²) in [5, 5.41) is 3.35. The van der Waals surface area contributed by atoms with E-state index in [4.69, 9.17) is 11.6 Å². The van der Waals surface area contributed by atoms with Crippen LogP contribution in [0.1, 0.15) is 12.0 Å². The molecule has 7 atom stereocenters. The number of rotatable bonds is 5. The van der Waals surface area contributed by atoms with E-state index in [1.165, 1.54) is 4.90 Å². The number of carbonyl (C=O) groups excluding carboxylic acids is 3. The molecule has 1 N–H and O–H groups in total. The molecule has 2 aromatic rings. The molecule has 4 aliphatic carbocycles. The SMILES string of the molecule is O=C(Nc1ccc(Br)c(Cl)c1)[C@H](Cc1ccccc1)N1C(=O)[C@@H]2[C@@H]3C=C[C@H]([C@H]4C[C@H]34)[C@@H]2C1=O. The molecule has 5 aliphatic rings. The molecule has 33 heavy (non-hydrogen) atoms. The van der Waals surface area contributed by atoms with Gasteiger partial charge in [0.1, 0.15) is 6.04 Å². The minimum atomic E-state index is -0.920. The van der Waals surface area contributed by atoms with Gasteiger partial charge in [0, 0.05) is 16.6 Å². The normalized spacial score (nSPS) is 31.9. The highest BCUT2D eigenvalue weighted by atomic mass is 79.9. The van der Waals surface area contributed by atoms with Crippen LogP contribution in [0.3, 0.4) is 0 Å². The van der Waals surface area contributed by atoms with Crippen molar-refractivity contribution in [2.24, 2.45) is 35.5 Å². The molecule has 5 nitrogen and oxygen atoms in total. The van der Waals surface area contributed by atoms with Crippen LogP contribution in [-0.4, -0.2) is 28.7 Å². The van der Waals surface area contributed by atoms with Crippen molar-refractivity contribution in [1.29, 1.82) is 0 Å². The van der Waals surface area contributed by atoms with E-state index in [1.807, 2.05) is 30.3 Å². The summed E-state index contributed by atoms with van der Waals surface area (Å²) in [4.78, 5) is 42.1. The van der Waals surface area contributed by atoms with E-state index < -0.39 is 6.04 Å². The number of nitrogens with one attached hydrogen (secondary N) is 1. The Labute approximate surface area is 205 Å². The molecule has 7 heteroatoms. The fraction of sp³-hybridized carbons (Fsp3) is 0.346. The lowest BCUT2D eigenvalue weighted by molar-refractivity contribution is -0.146. The van der Waals surface area contributed by atoms with Crippen LogP contribution in [-0.2, 0) is 20.8 Å². The maximum absolute atomic E-state index is 13.7. The third-order valence-electron chi connectivity index (χ3n) is 7.77. The largest absolute Gasteiger partial charge is 0.324 e. The van der Waals surface area contributed by atoms with E-state index >= 15 is 0 Å². The molecule has 7 rings (SSSR count). The number of likely N-dealkylation sites (tertiary alicyclic amines) is 1. The first kappa shape index (κ1) is 21.1. The van der Waals surface area contributed by atoms with E-state index in [-0.39, 0.29) is 47.8 Å². The van der Waals surface area contributed by atoms with Crippen LogP contribution >= 0.6 is 27.5 Å². The number of imide groups is 1. The number of hydrogen-bond donors (Lipinski definition) is 1. The molecule has 3 amide bonds. The number of nitrogens with zero attached hydrogens (tertiary/aromatic N) is 1. The molecule has 2 aromatic carbocycles. The molecule has 168 valence electrons. The Morgan fingerprint density at radius 1 is 1.03 bits per heavy atom. The third kappa shape index (κ3) is 3.38. The van der Waals surface area contributed by atoms with Crippen molar-refractivity contribution in [1.82, 2.24) is 4.90 Å². The molecular formula is C26H22BrClN2O3. The first-order chi connectivity index (χ1) is 15.9. The summed E-state index contributed by atoms with van der Waals surface area (Å²) in [6, 6.07) is 13.7. The van der Waals surface area contributed by atoms with E-state index in [0.29, 0.717) is 22.5 Å². The zero-order valence-corrected chi connectivity index (χ0v) is 20.0. The van der Waals surface area contributed by atoms with Crippen LogP contribution in [0.25, 0.3) is 0 Å². The van der Waals surface area contributed by atoms with Gasteiger partial charge in [-0.2, -0.15) is 0 Å². The minimum absolute atomic E-state index is 0.122. The Morgan fingerprint density at radius 2 is 1.67 bits per heavy atom. The van der Waals surface area contributed by atoms with Crippen LogP contribution in [0.5, 0.6) is 0 Å². The van der Waals surface area contributed by atoms with Crippen molar-refractivity contribution in [2.45, 2.75) is 18.9 Å². The standard InChI is InChI=1S/C26H22BrClN2O3/c27-19-9-6-14(11-20(19)28)29-24(31)21(10-13-4-2-1-3-5-13)30-25(32)22-15-7-8-16(18-12-17(15)18)23(22)26(30)33/h1-9,11,15-18,21-23H,10,12H2,(H,29,31)/t15-,16-,17-,18-,21+,22-,23+/m1/s1. The van der Waals surface area contributed by atoms with Crippen LogP contribution < -0.4 is 5.32 Å². The average molecular weight is 526 g/mol. The maximum Gasteiger partial charge on any atom is 0.248 e. The molecule has 0 radical (unpaired) electrons. The molecule has 1 heterocycles. The summed E-state index contributed by atoms with van der Waals surface area (Å²) < 4.78 is 0.721. The van der Waals surface area contributed by atoms with Crippen molar-refractivity contribution >= 4 is 50.9 Å². The van der Waals surface area contributed by atoms with Gasteiger partial charge in [0.2, 0.25) is 17.7 Å². The van der Waals surface area contributed by atoms with Gasteiger partial charge in [0.25, 0.3) is 0 Å². The Hall–Kier alpha value is -2.44. The molecular weight excluding hydrogens is 504 g/mol. The van der Waals surface area contributed by atoms with E-state index in [2.05, 4.69) is 33.4 Å². The van der Waals surface area contributed by atoms with Gasteiger partial charge in [-0.3, -0.25) is 19.3 Å². The van der Waals surface area contributed by atoms with Gasteiger partial charge in [0.15, 0.2) is 0 Å². The van der Waals surface area contributed by atoms with E-state index in [9.17, 15) is 14.4 Å². The average Bonchev–Trinajstić information content (AvgIpc) is 3.59. The van der Waals surface area contributed by atoms with Crippen LogP contribution in [0.15, 0.2) is 65.2 Å². The smallest absolute Gasteiger partial charge is 0.248 e. The van der Waals surface area contributed by atoms with Crippen LogP contribution in [0.2, 0.25) is 5.02 Å². The molecule has 0 unspecified atom stereocenters. The highest BCUT2D eigenvalue weighted by Crippen LogP contribution is 2.65. The zero-order chi connectivity index (χ0) is 22.9. The van der Waals surface area contributed by atoms with Crippen molar-refractivity contribution in [3.05, 3.63) is 75.7 Å². The number of amides is 3. The highest BCUT2D eigenvalue weighted by Gasteiger charge is 2.67. The fourth-order valence-electron chi connectivity index (χ4n) is 6.23. The van der Waals surface area contributed by atoms with Crippen molar-refractivity contribution < 1.29 is 14.4 Å². The van der Waals surface area contributed by atoms with Gasteiger partial charge in [-0.05, 0) is 69.8 Å². The summed E-state index contributed by atoms with van der Waals surface area (Å²) in [6.07, 6.45) is 5.66. The Bertz CT molecular complexity index is 1160. The first-order valence-electron chi connectivity index (χ1n) is 11.3. The van der Waals surface area contributed by atoms with Gasteiger partial charge in [0.05, 0.1) is 16.9 Å². The van der Waals surface area contributed by atoms with Crippen molar-refractivity contribution in [3.63, 3.8) is 0 Å². The highest BCUT2D eigenvalue weighted by molar-refractivity contribution is 9.10. The molecule has 1 aliphatic heterocycles. The van der Waals surface area contributed by atoms with Crippen LogP contribution in [0.4, 0.5) is 5.69 Å². The Balaban J connectivity index is 1.33. The second kappa shape index (κ2) is 7.81. The Kier molecular flexibility index (Phi) is 5.00. The second-order valence-electron chi connectivity index (χ2n) is 9.52. The summed E-state index contributed by atoms with van der Waals surface area (Å²) in [6.45, 7) is 0. The zero-order valence-electron chi connectivity index (χ0n) is 17.7. The predicted octanol–water partition coefficient (Wildman–Crippen LogP) is 4.71. The summed E-state index contributed by atoms with van der Waals surface area (Å²) in [7, 11) is 0. The molecule has 1 saturated heterocycles. The molecule has 3 fully saturated rings. The number of benzene rings is 2. The molecule has 2 bridgehead atoms. The number of halogens is 2.